The van der Waals surface area contributed by atoms with Crippen molar-refractivity contribution < 1.29 is 0 Å². The van der Waals surface area contributed by atoms with E-state index in [4.69, 9.17) is 5.73 Å². The van der Waals surface area contributed by atoms with E-state index in [0.29, 0.717) is 0 Å². The van der Waals surface area contributed by atoms with Crippen LogP contribution in [0.15, 0.2) is 42.5 Å². The predicted molar refractivity (Wildman–Crippen MR) is 83.8 cm³/mol. The van der Waals surface area contributed by atoms with Crippen molar-refractivity contribution in [1.29, 1.82) is 0 Å². The highest BCUT2D eigenvalue weighted by atomic mass is 35.5. The molecule has 0 unspecified atom stereocenters. The fraction of sp³-hybridized carbons (Fsp3) is 0.294. The number of nitrogens with two attached hydrogens (primary N) is 1. The highest BCUT2D eigenvalue weighted by molar-refractivity contribution is 5.85. The monoisotopic (exact) mass is 273 g/mol. The minimum Gasteiger partial charge on any atom is -0.324 e. The van der Waals surface area contributed by atoms with Crippen LogP contribution in [0, 0.1) is 0 Å². The summed E-state index contributed by atoms with van der Waals surface area (Å²) in [6, 6.07) is 15.6. The Morgan fingerprint density at radius 1 is 1.05 bits per heavy atom. The number of halogens is 1. The highest BCUT2D eigenvalue weighted by Crippen LogP contribution is 2.37. The molecule has 0 amide bonds. The van der Waals surface area contributed by atoms with Gasteiger partial charge in [0.05, 0.1) is 0 Å². The average Bonchev–Trinajstić information content (AvgIpc) is 2.76. The van der Waals surface area contributed by atoms with Crippen molar-refractivity contribution in [3.63, 3.8) is 0 Å². The zero-order valence-electron chi connectivity index (χ0n) is 11.2. The Hall–Kier alpha value is -1.31. The molecule has 0 spiro atoms. The lowest BCUT2D eigenvalue weighted by molar-refractivity contribution is 0.638. The first-order valence-electron chi connectivity index (χ1n) is 6.76. The average molecular weight is 274 g/mol. The third-order valence-electron chi connectivity index (χ3n) is 3.85. The molecule has 2 aromatic rings. The molecular formula is C17H20ClN. The summed E-state index contributed by atoms with van der Waals surface area (Å²) in [5, 5.41) is 0. The van der Waals surface area contributed by atoms with E-state index in [-0.39, 0.29) is 18.4 Å². The van der Waals surface area contributed by atoms with Gasteiger partial charge < -0.3 is 5.73 Å². The maximum atomic E-state index is 6.20. The van der Waals surface area contributed by atoms with Gasteiger partial charge in [0.2, 0.25) is 0 Å². The molecule has 0 radical (unpaired) electrons. The molecule has 3 rings (SSSR count). The van der Waals surface area contributed by atoms with Crippen LogP contribution in [0.3, 0.4) is 0 Å². The molecule has 0 saturated heterocycles. The molecule has 0 aromatic heterocycles. The van der Waals surface area contributed by atoms with Gasteiger partial charge in [0.25, 0.3) is 0 Å². The third-order valence-corrected chi connectivity index (χ3v) is 3.85. The SMILES string of the molecule is CCC[C@@H](N)c1ccc2c(c1)Cc1ccccc1-2.Cl. The molecule has 0 heterocycles. The Bertz CT molecular complexity index is 577. The van der Waals surface area contributed by atoms with Gasteiger partial charge in [0.15, 0.2) is 0 Å². The smallest absolute Gasteiger partial charge is 0.0294 e. The topological polar surface area (TPSA) is 26.0 Å². The maximum Gasteiger partial charge on any atom is 0.0294 e. The molecule has 0 aliphatic heterocycles. The van der Waals surface area contributed by atoms with Crippen molar-refractivity contribution in [2.45, 2.75) is 32.2 Å². The van der Waals surface area contributed by atoms with Crippen LogP contribution in [-0.2, 0) is 6.42 Å². The fourth-order valence-electron chi connectivity index (χ4n) is 2.87. The lowest BCUT2D eigenvalue weighted by atomic mass is 9.98. The normalized spacial score (nSPS) is 13.4. The molecule has 1 aliphatic carbocycles. The Morgan fingerprint density at radius 3 is 2.58 bits per heavy atom. The van der Waals surface area contributed by atoms with E-state index in [1.165, 1.54) is 27.8 Å². The van der Waals surface area contributed by atoms with Gasteiger partial charge in [-0.25, -0.2) is 0 Å². The summed E-state index contributed by atoms with van der Waals surface area (Å²) in [6.07, 6.45) is 3.25. The first kappa shape index (κ1) is 14.1. The van der Waals surface area contributed by atoms with E-state index < -0.39 is 0 Å². The highest BCUT2D eigenvalue weighted by Gasteiger charge is 2.18. The Labute approximate surface area is 121 Å². The van der Waals surface area contributed by atoms with Crippen LogP contribution in [0.1, 0.15) is 42.5 Å². The zero-order chi connectivity index (χ0) is 12.5. The van der Waals surface area contributed by atoms with E-state index in [2.05, 4.69) is 49.4 Å². The first-order chi connectivity index (χ1) is 8.79. The van der Waals surface area contributed by atoms with Crippen LogP contribution < -0.4 is 5.73 Å². The lowest BCUT2D eigenvalue weighted by Crippen LogP contribution is -2.09. The Morgan fingerprint density at radius 2 is 1.79 bits per heavy atom. The van der Waals surface area contributed by atoms with Crippen molar-refractivity contribution in [2.24, 2.45) is 5.73 Å². The Balaban J connectivity index is 0.00000133. The second kappa shape index (κ2) is 5.77. The van der Waals surface area contributed by atoms with Crippen LogP contribution >= 0.6 is 12.4 Å². The molecular weight excluding hydrogens is 254 g/mol. The molecule has 0 saturated carbocycles. The van der Waals surface area contributed by atoms with Crippen LogP contribution in [-0.4, -0.2) is 0 Å². The minimum absolute atomic E-state index is 0. The summed E-state index contributed by atoms with van der Waals surface area (Å²) < 4.78 is 0. The number of hydrogen-bond acceptors (Lipinski definition) is 1. The Kier molecular flexibility index (Phi) is 4.28. The molecule has 1 nitrogen and oxygen atoms in total. The molecule has 1 aliphatic rings. The number of hydrogen-bond donors (Lipinski definition) is 1. The fourth-order valence-corrected chi connectivity index (χ4v) is 2.87. The van der Waals surface area contributed by atoms with Crippen molar-refractivity contribution in [1.82, 2.24) is 0 Å². The number of rotatable bonds is 3. The molecule has 2 heteroatoms. The van der Waals surface area contributed by atoms with Crippen molar-refractivity contribution in [2.75, 3.05) is 0 Å². The van der Waals surface area contributed by atoms with Gasteiger partial charge in [0, 0.05) is 6.04 Å². The second-order valence-corrected chi connectivity index (χ2v) is 5.15. The summed E-state index contributed by atoms with van der Waals surface area (Å²) >= 11 is 0. The third kappa shape index (κ3) is 2.54. The minimum atomic E-state index is 0. The van der Waals surface area contributed by atoms with Crippen molar-refractivity contribution in [3.05, 3.63) is 59.2 Å². The quantitative estimate of drug-likeness (QED) is 0.748. The van der Waals surface area contributed by atoms with Gasteiger partial charge in [-0.1, -0.05) is 55.8 Å². The predicted octanol–water partition coefficient (Wildman–Crippen LogP) is 4.48. The zero-order valence-corrected chi connectivity index (χ0v) is 12.0. The maximum absolute atomic E-state index is 6.20. The summed E-state index contributed by atoms with van der Waals surface area (Å²) in [7, 11) is 0. The standard InChI is InChI=1S/C17H19N.ClH/c1-2-5-17(18)13-8-9-16-14(11-13)10-12-6-3-4-7-15(12)16;/h3-4,6-9,11,17H,2,5,10,18H2,1H3;1H/t17-;/m1./s1. The molecule has 2 N–H and O–H groups in total. The van der Waals surface area contributed by atoms with Crippen LogP contribution in [0.25, 0.3) is 11.1 Å². The van der Waals surface area contributed by atoms with Gasteiger partial charge in [-0.05, 0) is 40.7 Å². The van der Waals surface area contributed by atoms with Crippen LogP contribution in [0.5, 0.6) is 0 Å². The van der Waals surface area contributed by atoms with E-state index >= 15 is 0 Å². The van der Waals surface area contributed by atoms with Gasteiger partial charge >= 0.3 is 0 Å². The molecule has 2 aromatic carbocycles. The van der Waals surface area contributed by atoms with Crippen LogP contribution in [0.4, 0.5) is 0 Å². The molecule has 100 valence electrons. The van der Waals surface area contributed by atoms with Gasteiger partial charge in [-0.3, -0.25) is 0 Å². The largest absolute Gasteiger partial charge is 0.324 e. The van der Waals surface area contributed by atoms with E-state index in [1.807, 2.05) is 0 Å². The summed E-state index contributed by atoms with van der Waals surface area (Å²) in [5.41, 5.74) is 13.1. The van der Waals surface area contributed by atoms with E-state index in [0.717, 1.165) is 19.3 Å². The van der Waals surface area contributed by atoms with Gasteiger partial charge in [0.1, 0.15) is 0 Å². The van der Waals surface area contributed by atoms with E-state index in [9.17, 15) is 0 Å². The van der Waals surface area contributed by atoms with E-state index in [1.54, 1.807) is 0 Å². The summed E-state index contributed by atoms with van der Waals surface area (Å²) in [6.45, 7) is 2.18. The van der Waals surface area contributed by atoms with Gasteiger partial charge in [-0.15, -0.1) is 12.4 Å². The number of fused-ring (bicyclic) bond motifs is 3. The number of benzene rings is 2. The van der Waals surface area contributed by atoms with Crippen LogP contribution in [0.2, 0.25) is 0 Å². The lowest BCUT2D eigenvalue weighted by Gasteiger charge is -2.12. The second-order valence-electron chi connectivity index (χ2n) is 5.15. The van der Waals surface area contributed by atoms with Gasteiger partial charge in [-0.2, -0.15) is 0 Å². The molecule has 0 bridgehead atoms. The molecule has 19 heavy (non-hydrogen) atoms. The summed E-state index contributed by atoms with van der Waals surface area (Å²) in [4.78, 5) is 0. The van der Waals surface area contributed by atoms with Crippen molar-refractivity contribution in [3.8, 4) is 11.1 Å². The summed E-state index contributed by atoms with van der Waals surface area (Å²) in [5.74, 6) is 0. The molecule has 0 fully saturated rings. The first-order valence-corrected chi connectivity index (χ1v) is 6.76. The molecule has 1 atom stereocenters. The van der Waals surface area contributed by atoms with Crippen molar-refractivity contribution >= 4 is 12.4 Å².